The number of amides is 3. The Morgan fingerprint density at radius 2 is 1.92 bits per heavy atom. The highest BCUT2D eigenvalue weighted by atomic mass is 16.5. The molecule has 2 aromatic heterocycles. The number of hydrogen-bond acceptors (Lipinski definition) is 10. The van der Waals surface area contributed by atoms with Gasteiger partial charge in [-0.2, -0.15) is 4.98 Å². The van der Waals surface area contributed by atoms with Crippen LogP contribution in [0.25, 0.3) is 11.5 Å². The lowest BCUT2D eigenvalue weighted by Crippen LogP contribution is -2.50. The number of nitrogens with one attached hydrogen (secondary N) is 4. The van der Waals surface area contributed by atoms with Crippen molar-refractivity contribution in [1.82, 2.24) is 31.0 Å². The first kappa shape index (κ1) is 27.7. The average Bonchev–Trinajstić information content (AvgIpc) is 3.62. The molecule has 13 nitrogen and oxygen atoms in total. The van der Waals surface area contributed by atoms with Crippen LogP contribution in [-0.2, 0) is 16.0 Å². The van der Waals surface area contributed by atoms with Crippen molar-refractivity contribution in [2.75, 3.05) is 24.3 Å². The summed E-state index contributed by atoms with van der Waals surface area (Å²) in [6.45, 7) is 2.32. The van der Waals surface area contributed by atoms with Gasteiger partial charge in [0, 0.05) is 18.5 Å². The zero-order valence-corrected chi connectivity index (χ0v) is 22.5. The molecule has 4 N–H and O–H groups in total. The fraction of sp³-hybridized carbons (Fsp3) is 0.348. The third kappa shape index (κ3) is 7.15. The van der Waals surface area contributed by atoms with Crippen molar-refractivity contribution < 1.29 is 23.6 Å². The molecule has 0 atom stereocenters. The lowest BCUT2D eigenvalue weighted by Gasteiger charge is -2.21. The first-order valence-corrected chi connectivity index (χ1v) is 12.6. The van der Waals surface area contributed by atoms with E-state index < -0.39 is 11.1 Å². The number of ether oxygens (including phenoxy) is 1. The summed E-state index contributed by atoms with van der Waals surface area (Å²) < 4.78 is 11.1. The molecule has 1 saturated carbocycles. The molecule has 3 amide bonds. The van der Waals surface area contributed by atoms with Gasteiger partial charge in [0.2, 0.25) is 11.8 Å². The number of anilines is 3. The van der Waals surface area contributed by atoms with Gasteiger partial charge in [0.25, 0.3) is 11.8 Å². The van der Waals surface area contributed by atoms with Crippen molar-refractivity contribution >= 4 is 58.5 Å². The second kappa shape index (κ2) is 11.6. The van der Waals surface area contributed by atoms with Crippen LogP contribution in [0.4, 0.5) is 17.2 Å². The lowest BCUT2D eigenvalue weighted by atomic mass is 9.49. The summed E-state index contributed by atoms with van der Waals surface area (Å²) in [4.78, 5) is 41.6. The van der Waals surface area contributed by atoms with E-state index in [0.717, 1.165) is 12.8 Å². The first-order valence-electron chi connectivity index (χ1n) is 12.6. The van der Waals surface area contributed by atoms with Crippen LogP contribution in [0.5, 0.6) is 5.75 Å². The highest BCUT2D eigenvalue weighted by Gasteiger charge is 2.30. The van der Waals surface area contributed by atoms with E-state index in [4.69, 9.17) is 9.26 Å². The maximum Gasteiger partial charge on any atom is 0.272 e. The summed E-state index contributed by atoms with van der Waals surface area (Å²) in [5.41, 5.74) is 1.28. The van der Waals surface area contributed by atoms with Crippen LogP contribution in [0.15, 0.2) is 28.8 Å². The molecule has 1 fully saturated rings. The van der Waals surface area contributed by atoms with Crippen molar-refractivity contribution in [1.29, 1.82) is 0 Å². The number of methoxy groups -OCH3 is 1. The minimum atomic E-state index is -0.518. The predicted octanol–water partition coefficient (Wildman–Crippen LogP) is -1.45. The van der Waals surface area contributed by atoms with Gasteiger partial charge in [0.15, 0.2) is 23.1 Å². The number of hydrogen-bond donors (Lipinski definition) is 4. The molecule has 0 radical (unpaired) electrons. The average molecular weight is 530 g/mol. The Hall–Kier alpha value is -4.36. The van der Waals surface area contributed by atoms with Gasteiger partial charge in [-0.25, -0.2) is 0 Å². The largest absolute Gasteiger partial charge is 0.494 e. The first-order chi connectivity index (χ1) is 18.6. The van der Waals surface area contributed by atoms with Crippen LogP contribution in [0, 0.1) is 5.92 Å². The molecule has 2 heterocycles. The predicted molar refractivity (Wildman–Crippen MR) is 151 cm³/mol. The van der Waals surface area contributed by atoms with E-state index in [1.54, 1.807) is 24.3 Å². The Kier molecular flexibility index (Phi) is 8.22. The van der Waals surface area contributed by atoms with Gasteiger partial charge in [-0.1, -0.05) is 11.2 Å². The molecule has 0 spiro atoms. The SMILES string of the molecule is BC(B)(B)NC(=O)c1nnc(NC(=O)C2CC2)cc1Nc1cccc(-c2nc(CC(=O)NCC)no2)c1OC. The van der Waals surface area contributed by atoms with Crippen LogP contribution in [0.1, 0.15) is 36.1 Å². The van der Waals surface area contributed by atoms with Crippen molar-refractivity contribution in [2.24, 2.45) is 5.92 Å². The topological polar surface area (TPSA) is 173 Å². The number of carbonyl (C=O) groups is 3. The van der Waals surface area contributed by atoms with Gasteiger partial charge in [0.05, 0.1) is 30.5 Å². The molecule has 1 aliphatic rings. The second-order valence-electron chi connectivity index (χ2n) is 10.1. The zero-order valence-electron chi connectivity index (χ0n) is 22.5. The van der Waals surface area contributed by atoms with Gasteiger partial charge in [-0.05, 0) is 37.1 Å². The summed E-state index contributed by atoms with van der Waals surface area (Å²) in [5, 5.41) is 23.1. The van der Waals surface area contributed by atoms with Crippen LogP contribution in [0.3, 0.4) is 0 Å². The fourth-order valence-electron chi connectivity index (χ4n) is 3.70. The van der Waals surface area contributed by atoms with Gasteiger partial charge in [-0.3, -0.25) is 14.4 Å². The van der Waals surface area contributed by atoms with Gasteiger partial charge >= 0.3 is 0 Å². The van der Waals surface area contributed by atoms with Crippen LogP contribution < -0.4 is 26.0 Å². The lowest BCUT2D eigenvalue weighted by molar-refractivity contribution is -0.120. The smallest absolute Gasteiger partial charge is 0.272 e. The molecule has 0 bridgehead atoms. The molecule has 4 rings (SSSR count). The summed E-state index contributed by atoms with van der Waals surface area (Å²) >= 11 is 0. The zero-order chi connectivity index (χ0) is 28.2. The number of rotatable bonds is 11. The molecule has 0 aliphatic heterocycles. The number of carbonyl (C=O) groups excluding carboxylic acids is 3. The van der Waals surface area contributed by atoms with E-state index in [-0.39, 0.29) is 47.4 Å². The second-order valence-corrected chi connectivity index (χ2v) is 10.1. The molecule has 0 unspecified atom stereocenters. The Labute approximate surface area is 227 Å². The van der Waals surface area contributed by atoms with Crippen molar-refractivity contribution in [3.05, 3.63) is 35.8 Å². The highest BCUT2D eigenvalue weighted by molar-refractivity contribution is 6.60. The molecular formula is C23H29B3N8O5. The molecule has 200 valence electrons. The van der Waals surface area contributed by atoms with Crippen LogP contribution >= 0.6 is 0 Å². The number of aromatic nitrogens is 4. The fourth-order valence-corrected chi connectivity index (χ4v) is 3.70. The van der Waals surface area contributed by atoms with Crippen molar-refractivity contribution in [3.8, 4) is 17.2 Å². The number of nitrogens with zero attached hydrogens (tertiary/aromatic N) is 4. The van der Waals surface area contributed by atoms with E-state index >= 15 is 0 Å². The number of para-hydroxylation sites is 1. The third-order valence-electron chi connectivity index (χ3n) is 5.58. The molecule has 16 heteroatoms. The summed E-state index contributed by atoms with van der Waals surface area (Å²) in [7, 11) is 7.04. The van der Waals surface area contributed by atoms with Gasteiger partial charge in [0.1, 0.15) is 23.5 Å². The molecule has 3 aromatic rings. The summed E-state index contributed by atoms with van der Waals surface area (Å²) in [6.07, 6.45) is 1.64. The van der Waals surface area contributed by atoms with Gasteiger partial charge < -0.3 is 30.5 Å². The van der Waals surface area contributed by atoms with E-state index in [9.17, 15) is 14.4 Å². The van der Waals surface area contributed by atoms with Crippen molar-refractivity contribution in [3.63, 3.8) is 0 Å². The Balaban J connectivity index is 1.67. The van der Waals surface area contributed by atoms with E-state index in [1.807, 2.05) is 30.5 Å². The third-order valence-corrected chi connectivity index (χ3v) is 5.58. The minimum Gasteiger partial charge on any atom is -0.494 e. The van der Waals surface area contributed by atoms with E-state index in [1.165, 1.54) is 7.11 Å². The van der Waals surface area contributed by atoms with E-state index in [2.05, 4.69) is 41.6 Å². The molecule has 0 saturated heterocycles. The molecular weight excluding hydrogens is 501 g/mol. The normalized spacial score (nSPS) is 12.9. The Morgan fingerprint density at radius 3 is 2.59 bits per heavy atom. The highest BCUT2D eigenvalue weighted by Crippen LogP contribution is 2.38. The molecule has 1 aromatic carbocycles. The monoisotopic (exact) mass is 530 g/mol. The standard InChI is InChI=1S/C23H29B3N8O5/c1-3-27-17(35)10-16-30-22(39-34-16)12-5-4-6-13(19(12)38-2)28-14-9-15(29-20(36)11-7-8-11)32-33-18(14)21(37)31-23(24,25)26/h4-6,9,11H,3,7-8,10,24-26H2,1-2H3,(H,27,35)(H,31,37)(H2,28,29,32,36). The summed E-state index contributed by atoms with van der Waals surface area (Å²) in [5.74, 6) is 0.120. The molecule has 39 heavy (non-hydrogen) atoms. The van der Waals surface area contributed by atoms with Crippen LogP contribution in [0.2, 0.25) is 0 Å². The van der Waals surface area contributed by atoms with Crippen LogP contribution in [-0.4, -0.2) is 80.5 Å². The van der Waals surface area contributed by atoms with E-state index in [0.29, 0.717) is 29.2 Å². The minimum absolute atomic E-state index is 0.0259. The maximum atomic E-state index is 13.1. The Bertz CT molecular complexity index is 1390. The maximum absolute atomic E-state index is 13.1. The number of likely N-dealkylation sites (N-methyl/N-ethyl adjacent to an activating group) is 1. The van der Waals surface area contributed by atoms with Gasteiger partial charge in [-0.15, -0.1) is 10.2 Å². The molecule has 1 aliphatic carbocycles. The quantitative estimate of drug-likeness (QED) is 0.215. The Morgan fingerprint density at radius 1 is 1.15 bits per heavy atom. The van der Waals surface area contributed by atoms with Crippen molar-refractivity contribution in [2.45, 2.75) is 31.4 Å². The summed E-state index contributed by atoms with van der Waals surface area (Å²) in [6, 6.07) is 6.76. The number of benzene rings is 1.